The number of nitrogens with zero attached hydrogens (tertiary/aromatic N) is 1. The quantitative estimate of drug-likeness (QED) is 0.812. The van der Waals surface area contributed by atoms with Crippen molar-refractivity contribution in [1.82, 2.24) is 0 Å². The third-order valence-corrected chi connectivity index (χ3v) is 4.74. The van der Waals surface area contributed by atoms with Gasteiger partial charge >= 0.3 is 0 Å². The smallest absolute Gasteiger partial charge is 0.160 e. The Kier molecular flexibility index (Phi) is 4.45. The van der Waals surface area contributed by atoms with E-state index in [0.717, 1.165) is 25.7 Å². The highest BCUT2D eigenvalue weighted by Crippen LogP contribution is 2.45. The van der Waals surface area contributed by atoms with Gasteiger partial charge in [0, 0.05) is 11.0 Å². The first-order valence-electron chi connectivity index (χ1n) is 6.93. The Labute approximate surface area is 123 Å². The number of hydrogen-bond acceptors (Lipinski definition) is 2. The molecule has 4 heteroatoms. The predicted octanol–water partition coefficient (Wildman–Crippen LogP) is 4.63. The summed E-state index contributed by atoms with van der Waals surface area (Å²) in [5, 5.41) is 9.31. The van der Waals surface area contributed by atoms with Gasteiger partial charge in [0.05, 0.1) is 11.1 Å². The normalized spacial score (nSPS) is 18.5. The van der Waals surface area contributed by atoms with E-state index in [0.29, 0.717) is 6.42 Å². The molecule has 1 aliphatic rings. The summed E-state index contributed by atoms with van der Waals surface area (Å²) >= 11 is 5.75. The van der Waals surface area contributed by atoms with Crippen molar-refractivity contribution in [2.24, 2.45) is 5.41 Å². The van der Waals surface area contributed by atoms with Crippen LogP contribution in [0.5, 0.6) is 0 Å². The van der Waals surface area contributed by atoms with Crippen LogP contribution >= 0.6 is 11.6 Å². The Balaban J connectivity index is 2.40. The molecule has 0 aromatic heterocycles. The molecule has 0 radical (unpaired) electrons. The highest BCUT2D eigenvalue weighted by atomic mass is 35.5. The van der Waals surface area contributed by atoms with Crippen molar-refractivity contribution < 1.29 is 9.18 Å². The maximum atomic E-state index is 14.1. The third-order valence-electron chi connectivity index (χ3n) is 4.44. The molecule has 1 fully saturated rings. The Morgan fingerprint density at radius 2 is 2.15 bits per heavy atom. The lowest BCUT2D eigenvalue weighted by molar-refractivity contribution is -0.129. The highest BCUT2D eigenvalue weighted by Gasteiger charge is 2.43. The SMILES string of the molecule is CCC1(C(=O)C(C#N)c2cccc(Cl)c2F)CCCC1. The summed E-state index contributed by atoms with van der Waals surface area (Å²) in [6.07, 6.45) is 4.28. The summed E-state index contributed by atoms with van der Waals surface area (Å²) in [5.74, 6) is -1.87. The molecule has 0 N–H and O–H groups in total. The maximum absolute atomic E-state index is 14.1. The number of Topliss-reactive ketones (excluding diaryl/α,β-unsaturated/α-hetero) is 1. The largest absolute Gasteiger partial charge is 0.297 e. The van der Waals surface area contributed by atoms with Crippen molar-refractivity contribution in [3.63, 3.8) is 0 Å². The minimum Gasteiger partial charge on any atom is -0.297 e. The van der Waals surface area contributed by atoms with Crippen LogP contribution in [0.1, 0.15) is 50.5 Å². The minimum atomic E-state index is -1.06. The summed E-state index contributed by atoms with van der Waals surface area (Å²) in [7, 11) is 0. The monoisotopic (exact) mass is 293 g/mol. The first kappa shape index (κ1) is 15.0. The molecule has 1 atom stereocenters. The summed E-state index contributed by atoms with van der Waals surface area (Å²) < 4.78 is 14.1. The molecule has 2 rings (SSSR count). The first-order valence-corrected chi connectivity index (χ1v) is 7.31. The molecule has 106 valence electrons. The van der Waals surface area contributed by atoms with Gasteiger partial charge in [0.25, 0.3) is 0 Å². The van der Waals surface area contributed by atoms with Crippen molar-refractivity contribution >= 4 is 17.4 Å². The van der Waals surface area contributed by atoms with E-state index >= 15 is 0 Å². The van der Waals surface area contributed by atoms with Crippen LogP contribution in [0.4, 0.5) is 4.39 Å². The van der Waals surface area contributed by atoms with E-state index in [-0.39, 0.29) is 16.4 Å². The lowest BCUT2D eigenvalue weighted by atomic mass is 9.73. The van der Waals surface area contributed by atoms with Gasteiger partial charge in [-0.1, -0.05) is 43.5 Å². The zero-order valence-corrected chi connectivity index (χ0v) is 12.2. The Bertz CT molecular complexity index is 558. The summed E-state index contributed by atoms with van der Waals surface area (Å²) in [5.41, 5.74) is -0.362. The molecular formula is C16H17ClFNO. The van der Waals surface area contributed by atoms with Crippen molar-refractivity contribution in [2.75, 3.05) is 0 Å². The number of hydrogen-bond donors (Lipinski definition) is 0. The van der Waals surface area contributed by atoms with Gasteiger partial charge in [-0.25, -0.2) is 4.39 Å². The molecule has 1 aliphatic carbocycles. The molecule has 0 saturated heterocycles. The zero-order valence-electron chi connectivity index (χ0n) is 11.5. The van der Waals surface area contributed by atoms with Crippen molar-refractivity contribution in [1.29, 1.82) is 5.26 Å². The van der Waals surface area contributed by atoms with Crippen LogP contribution in [0.2, 0.25) is 5.02 Å². The Morgan fingerprint density at radius 3 is 2.70 bits per heavy atom. The second-order valence-electron chi connectivity index (χ2n) is 5.41. The average Bonchev–Trinajstić information content (AvgIpc) is 2.94. The highest BCUT2D eigenvalue weighted by molar-refractivity contribution is 6.30. The average molecular weight is 294 g/mol. The van der Waals surface area contributed by atoms with E-state index in [1.165, 1.54) is 12.1 Å². The molecule has 1 unspecified atom stereocenters. The van der Waals surface area contributed by atoms with E-state index in [1.54, 1.807) is 6.07 Å². The molecule has 0 spiro atoms. The standard InChI is InChI=1S/C16H17ClFNO/c1-2-16(8-3-4-9-16)15(20)12(10-19)11-6-5-7-13(17)14(11)18/h5-7,12H,2-4,8-9H2,1H3. The van der Waals surface area contributed by atoms with Gasteiger partial charge in [-0.2, -0.15) is 5.26 Å². The van der Waals surface area contributed by atoms with Crippen molar-refractivity contribution in [2.45, 2.75) is 44.9 Å². The summed E-state index contributed by atoms with van der Waals surface area (Å²) in [6.45, 7) is 1.96. The maximum Gasteiger partial charge on any atom is 0.160 e. The van der Waals surface area contributed by atoms with E-state index in [2.05, 4.69) is 0 Å². The van der Waals surface area contributed by atoms with Crippen LogP contribution < -0.4 is 0 Å². The number of rotatable bonds is 4. The summed E-state index contributed by atoms with van der Waals surface area (Å²) in [6, 6.07) is 6.45. The van der Waals surface area contributed by atoms with Crippen molar-refractivity contribution in [3.05, 3.63) is 34.6 Å². The van der Waals surface area contributed by atoms with Gasteiger partial charge in [-0.05, 0) is 25.3 Å². The van der Waals surface area contributed by atoms with Crippen LogP contribution in [0.15, 0.2) is 18.2 Å². The van der Waals surface area contributed by atoms with Gasteiger partial charge in [0.1, 0.15) is 11.7 Å². The molecule has 0 bridgehead atoms. The lowest BCUT2D eigenvalue weighted by Gasteiger charge is -2.28. The zero-order chi connectivity index (χ0) is 14.8. The van der Waals surface area contributed by atoms with E-state index in [4.69, 9.17) is 11.6 Å². The predicted molar refractivity (Wildman–Crippen MR) is 76.0 cm³/mol. The number of carbonyl (C=O) groups is 1. The Hall–Kier alpha value is -1.40. The van der Waals surface area contributed by atoms with Gasteiger partial charge < -0.3 is 0 Å². The van der Waals surface area contributed by atoms with Gasteiger partial charge in [-0.3, -0.25) is 4.79 Å². The van der Waals surface area contributed by atoms with E-state index < -0.39 is 17.2 Å². The summed E-state index contributed by atoms with van der Waals surface area (Å²) in [4.78, 5) is 12.8. The van der Waals surface area contributed by atoms with Crippen LogP contribution in [0.25, 0.3) is 0 Å². The molecular weight excluding hydrogens is 277 g/mol. The molecule has 1 saturated carbocycles. The molecule has 0 amide bonds. The van der Waals surface area contributed by atoms with Crippen LogP contribution in [0.3, 0.4) is 0 Å². The second-order valence-corrected chi connectivity index (χ2v) is 5.82. The molecule has 1 aromatic carbocycles. The fourth-order valence-corrected chi connectivity index (χ4v) is 3.33. The number of benzene rings is 1. The van der Waals surface area contributed by atoms with Gasteiger partial charge in [0.2, 0.25) is 0 Å². The second kappa shape index (κ2) is 5.93. The van der Waals surface area contributed by atoms with Crippen LogP contribution in [0, 0.1) is 22.6 Å². The topological polar surface area (TPSA) is 40.9 Å². The van der Waals surface area contributed by atoms with Crippen LogP contribution in [-0.2, 0) is 4.79 Å². The fourth-order valence-electron chi connectivity index (χ4n) is 3.14. The van der Waals surface area contributed by atoms with Crippen molar-refractivity contribution in [3.8, 4) is 6.07 Å². The molecule has 2 nitrogen and oxygen atoms in total. The number of nitriles is 1. The van der Waals surface area contributed by atoms with Gasteiger partial charge in [0.15, 0.2) is 5.78 Å². The number of carbonyl (C=O) groups excluding carboxylic acids is 1. The molecule has 0 heterocycles. The van der Waals surface area contributed by atoms with Crippen LogP contribution in [-0.4, -0.2) is 5.78 Å². The van der Waals surface area contributed by atoms with E-state index in [1.807, 2.05) is 13.0 Å². The molecule has 1 aromatic rings. The lowest BCUT2D eigenvalue weighted by Crippen LogP contribution is -2.32. The molecule has 20 heavy (non-hydrogen) atoms. The number of halogens is 2. The van der Waals surface area contributed by atoms with Gasteiger partial charge in [-0.15, -0.1) is 0 Å². The van der Waals surface area contributed by atoms with E-state index in [9.17, 15) is 14.4 Å². The fraction of sp³-hybridized carbons (Fsp3) is 0.500. The first-order chi connectivity index (χ1) is 9.55. The number of ketones is 1. The third kappa shape index (κ3) is 2.45. The molecule has 0 aliphatic heterocycles. The Morgan fingerprint density at radius 1 is 1.50 bits per heavy atom. The minimum absolute atomic E-state index is 0.0486.